The second-order valence-corrected chi connectivity index (χ2v) is 2.97. The van der Waals surface area contributed by atoms with Crippen LogP contribution in [0, 0.1) is 5.92 Å². The molecule has 3 atom stereocenters. The van der Waals surface area contributed by atoms with Crippen molar-refractivity contribution in [2.75, 3.05) is 6.61 Å². The highest BCUT2D eigenvalue weighted by Gasteiger charge is 2.37. The van der Waals surface area contributed by atoms with E-state index in [2.05, 4.69) is 5.32 Å². The molecule has 4 nitrogen and oxygen atoms in total. The summed E-state index contributed by atoms with van der Waals surface area (Å²) in [7, 11) is 0. The van der Waals surface area contributed by atoms with Gasteiger partial charge < -0.3 is 15.5 Å². The predicted molar refractivity (Wildman–Crippen MR) is 38.8 cm³/mol. The van der Waals surface area contributed by atoms with Gasteiger partial charge in [-0.15, -0.1) is 0 Å². The Balaban J connectivity index is 2.18. The van der Waals surface area contributed by atoms with Crippen LogP contribution in [0.1, 0.15) is 13.3 Å². The van der Waals surface area contributed by atoms with Crippen molar-refractivity contribution in [2.45, 2.75) is 25.5 Å². The number of hydrogen-bond acceptors (Lipinski definition) is 3. The fraction of sp³-hybridized carbons (Fsp3) is 0.857. The zero-order valence-corrected chi connectivity index (χ0v) is 6.45. The summed E-state index contributed by atoms with van der Waals surface area (Å²) in [6.45, 7) is 1.54. The van der Waals surface area contributed by atoms with Gasteiger partial charge in [0.2, 0.25) is 5.91 Å². The number of aliphatic hydroxyl groups is 2. The highest BCUT2D eigenvalue weighted by molar-refractivity contribution is 5.80. The van der Waals surface area contributed by atoms with Crippen molar-refractivity contribution in [3.63, 3.8) is 0 Å². The Morgan fingerprint density at radius 1 is 1.82 bits per heavy atom. The van der Waals surface area contributed by atoms with Crippen molar-refractivity contribution in [3.8, 4) is 0 Å². The largest absolute Gasteiger partial charge is 0.396 e. The Kier molecular flexibility index (Phi) is 2.46. The molecule has 1 fully saturated rings. The Labute approximate surface area is 65.2 Å². The summed E-state index contributed by atoms with van der Waals surface area (Å²) in [4.78, 5) is 10.8. The SMILES string of the molecule is C[C@@H](O)C(=O)NC1CC1CO. The summed E-state index contributed by atoms with van der Waals surface area (Å²) in [6.07, 6.45) is -0.121. The van der Waals surface area contributed by atoms with Crippen molar-refractivity contribution in [1.29, 1.82) is 0 Å². The lowest BCUT2D eigenvalue weighted by molar-refractivity contribution is -0.128. The van der Waals surface area contributed by atoms with Crippen LogP contribution in [-0.4, -0.2) is 34.9 Å². The van der Waals surface area contributed by atoms with E-state index in [4.69, 9.17) is 10.2 Å². The van der Waals surface area contributed by atoms with Crippen LogP contribution in [0.15, 0.2) is 0 Å². The molecule has 1 amide bonds. The van der Waals surface area contributed by atoms with Crippen LogP contribution in [0.2, 0.25) is 0 Å². The molecule has 1 aliphatic carbocycles. The number of amides is 1. The molecule has 0 aromatic rings. The van der Waals surface area contributed by atoms with Crippen LogP contribution < -0.4 is 5.32 Å². The molecule has 0 saturated heterocycles. The van der Waals surface area contributed by atoms with E-state index in [9.17, 15) is 4.79 Å². The minimum absolute atomic E-state index is 0.0853. The zero-order valence-electron chi connectivity index (χ0n) is 6.45. The molecular weight excluding hydrogens is 146 g/mol. The third-order valence-corrected chi connectivity index (χ3v) is 1.86. The molecule has 0 aliphatic heterocycles. The molecule has 1 saturated carbocycles. The highest BCUT2D eigenvalue weighted by atomic mass is 16.3. The van der Waals surface area contributed by atoms with E-state index in [1.165, 1.54) is 6.92 Å². The Bertz CT molecular complexity index is 158. The molecule has 3 N–H and O–H groups in total. The molecular formula is C7H13NO3. The van der Waals surface area contributed by atoms with E-state index >= 15 is 0 Å². The van der Waals surface area contributed by atoms with E-state index < -0.39 is 6.10 Å². The number of carbonyl (C=O) groups is 1. The average Bonchev–Trinajstić information content (AvgIpc) is 2.67. The van der Waals surface area contributed by atoms with Gasteiger partial charge in [-0.1, -0.05) is 0 Å². The van der Waals surface area contributed by atoms with Gasteiger partial charge in [0.05, 0.1) is 0 Å². The van der Waals surface area contributed by atoms with Gasteiger partial charge >= 0.3 is 0 Å². The lowest BCUT2D eigenvalue weighted by Gasteiger charge is -2.04. The maximum absolute atomic E-state index is 10.8. The quantitative estimate of drug-likeness (QED) is 0.487. The summed E-state index contributed by atoms with van der Waals surface area (Å²) in [5.74, 6) is -0.149. The van der Waals surface area contributed by atoms with Gasteiger partial charge in [0.1, 0.15) is 6.10 Å². The number of nitrogens with one attached hydrogen (secondary N) is 1. The summed E-state index contributed by atoms with van der Waals surface area (Å²) in [5, 5.41) is 20.0. The van der Waals surface area contributed by atoms with Crippen LogP contribution in [0.4, 0.5) is 0 Å². The summed E-state index contributed by atoms with van der Waals surface area (Å²) in [6, 6.07) is 0.0853. The zero-order chi connectivity index (χ0) is 8.43. The van der Waals surface area contributed by atoms with E-state index in [-0.39, 0.29) is 24.5 Å². The van der Waals surface area contributed by atoms with Gasteiger partial charge in [-0.3, -0.25) is 4.79 Å². The van der Waals surface area contributed by atoms with E-state index in [0.29, 0.717) is 0 Å². The lowest BCUT2D eigenvalue weighted by atomic mass is 10.3. The van der Waals surface area contributed by atoms with Crippen molar-refractivity contribution < 1.29 is 15.0 Å². The van der Waals surface area contributed by atoms with Gasteiger partial charge in [0.15, 0.2) is 0 Å². The molecule has 0 bridgehead atoms. The molecule has 0 radical (unpaired) electrons. The normalized spacial score (nSPS) is 31.2. The fourth-order valence-electron chi connectivity index (χ4n) is 0.929. The first-order valence-electron chi connectivity index (χ1n) is 3.74. The van der Waals surface area contributed by atoms with Crippen molar-refractivity contribution >= 4 is 5.91 Å². The second kappa shape index (κ2) is 3.19. The van der Waals surface area contributed by atoms with Gasteiger partial charge in [0.25, 0.3) is 0 Å². The molecule has 1 aliphatic rings. The molecule has 0 spiro atoms. The molecule has 1 rings (SSSR count). The third kappa shape index (κ3) is 2.17. The van der Waals surface area contributed by atoms with Crippen molar-refractivity contribution in [1.82, 2.24) is 5.32 Å². The number of rotatable bonds is 3. The van der Waals surface area contributed by atoms with Gasteiger partial charge in [-0.2, -0.15) is 0 Å². The van der Waals surface area contributed by atoms with Gasteiger partial charge in [-0.05, 0) is 13.3 Å². The minimum atomic E-state index is -0.949. The third-order valence-electron chi connectivity index (χ3n) is 1.86. The second-order valence-electron chi connectivity index (χ2n) is 2.97. The maximum Gasteiger partial charge on any atom is 0.248 e. The topological polar surface area (TPSA) is 69.6 Å². The smallest absolute Gasteiger partial charge is 0.248 e. The minimum Gasteiger partial charge on any atom is -0.396 e. The first-order valence-corrected chi connectivity index (χ1v) is 3.74. The van der Waals surface area contributed by atoms with Gasteiger partial charge in [0, 0.05) is 18.6 Å². The van der Waals surface area contributed by atoms with Gasteiger partial charge in [-0.25, -0.2) is 0 Å². The molecule has 0 aromatic carbocycles. The van der Waals surface area contributed by atoms with Crippen molar-refractivity contribution in [2.24, 2.45) is 5.92 Å². The van der Waals surface area contributed by atoms with E-state index in [1.807, 2.05) is 0 Å². The molecule has 2 unspecified atom stereocenters. The van der Waals surface area contributed by atoms with Crippen LogP contribution in [-0.2, 0) is 4.79 Å². The van der Waals surface area contributed by atoms with Crippen LogP contribution in [0.25, 0.3) is 0 Å². The van der Waals surface area contributed by atoms with E-state index in [1.54, 1.807) is 0 Å². The Morgan fingerprint density at radius 2 is 2.45 bits per heavy atom. The predicted octanol–water partition coefficient (Wildman–Crippen LogP) is -1.14. The lowest BCUT2D eigenvalue weighted by Crippen LogP contribution is -2.35. The monoisotopic (exact) mass is 159 g/mol. The number of aliphatic hydroxyl groups excluding tert-OH is 2. The Morgan fingerprint density at radius 3 is 2.82 bits per heavy atom. The number of hydrogen-bond donors (Lipinski definition) is 3. The Hall–Kier alpha value is -0.610. The van der Waals surface area contributed by atoms with Crippen LogP contribution in [0.3, 0.4) is 0 Å². The first kappa shape index (κ1) is 8.49. The van der Waals surface area contributed by atoms with Crippen LogP contribution in [0.5, 0.6) is 0 Å². The molecule has 4 heteroatoms. The fourth-order valence-corrected chi connectivity index (χ4v) is 0.929. The van der Waals surface area contributed by atoms with Crippen LogP contribution >= 0.6 is 0 Å². The molecule has 0 heterocycles. The maximum atomic E-state index is 10.8. The number of carbonyl (C=O) groups excluding carboxylic acids is 1. The average molecular weight is 159 g/mol. The van der Waals surface area contributed by atoms with E-state index in [0.717, 1.165) is 6.42 Å². The molecule has 64 valence electrons. The highest BCUT2D eigenvalue weighted by Crippen LogP contribution is 2.29. The summed E-state index contributed by atoms with van der Waals surface area (Å²) in [5.41, 5.74) is 0. The molecule has 11 heavy (non-hydrogen) atoms. The summed E-state index contributed by atoms with van der Waals surface area (Å²) >= 11 is 0. The summed E-state index contributed by atoms with van der Waals surface area (Å²) < 4.78 is 0. The molecule has 0 aromatic heterocycles. The standard InChI is InChI=1S/C7H13NO3/c1-4(10)7(11)8-6-2-5(6)3-9/h4-6,9-10H,2-3H2,1H3,(H,8,11)/t4-,5?,6?/m1/s1. The first-order chi connectivity index (χ1) is 5.15. The van der Waals surface area contributed by atoms with Crippen molar-refractivity contribution in [3.05, 3.63) is 0 Å².